The number of hydrogen-bond donors (Lipinski definition) is 0. The second kappa shape index (κ2) is 13.1. The lowest BCUT2D eigenvalue weighted by Gasteiger charge is -2.23. The molecule has 0 N–H and O–H groups in total. The van der Waals surface area contributed by atoms with Gasteiger partial charge in [-0.25, -0.2) is 4.98 Å². The number of benzene rings is 9. The Morgan fingerprint density at radius 3 is 1.62 bits per heavy atom. The summed E-state index contributed by atoms with van der Waals surface area (Å²) in [7, 11) is 0. The summed E-state index contributed by atoms with van der Waals surface area (Å²) in [5.74, 6) is 3.52. The standard InChI is InChI=1S/C55H33N5O/c1-4-16-34(17-5-1)53-56-54(35-18-6-2-7-19-35)58-55(57-53)60-45-28-13-11-23-41(45)50-38(24-15-29-46(50)60)36-30-31-48-43(32-36)39-25-14-26-42-51-40-22-10-12-27-44(40)59(37-20-8-3-9-21-37)47(51)33-49(61-48)52(39)42/h1-33H. The summed E-state index contributed by atoms with van der Waals surface area (Å²) in [6.45, 7) is 0. The van der Waals surface area contributed by atoms with E-state index in [9.17, 15) is 0 Å². The van der Waals surface area contributed by atoms with E-state index in [1.54, 1.807) is 0 Å². The number of hydrogen-bond acceptors (Lipinski definition) is 4. The molecule has 0 bridgehead atoms. The molecule has 6 nitrogen and oxygen atoms in total. The Morgan fingerprint density at radius 2 is 0.902 bits per heavy atom. The van der Waals surface area contributed by atoms with Crippen molar-refractivity contribution in [3.63, 3.8) is 0 Å². The van der Waals surface area contributed by atoms with Crippen molar-refractivity contribution >= 4 is 54.4 Å². The van der Waals surface area contributed by atoms with Crippen LogP contribution < -0.4 is 4.74 Å². The molecule has 4 heterocycles. The van der Waals surface area contributed by atoms with Crippen molar-refractivity contribution in [3.05, 3.63) is 200 Å². The van der Waals surface area contributed by atoms with E-state index in [0.29, 0.717) is 17.6 Å². The predicted molar refractivity (Wildman–Crippen MR) is 248 cm³/mol. The number of rotatable bonds is 5. The number of para-hydroxylation sites is 3. The minimum Gasteiger partial charge on any atom is -0.456 e. The molecule has 284 valence electrons. The molecule has 0 amide bonds. The van der Waals surface area contributed by atoms with Crippen molar-refractivity contribution in [1.82, 2.24) is 24.1 Å². The lowest BCUT2D eigenvalue weighted by Crippen LogP contribution is -2.06. The zero-order valence-electron chi connectivity index (χ0n) is 32.7. The highest BCUT2D eigenvalue weighted by molar-refractivity contribution is 6.25. The Labute approximate surface area is 350 Å². The second-order valence-electron chi connectivity index (χ2n) is 15.6. The molecule has 0 saturated heterocycles. The van der Waals surface area contributed by atoms with Crippen molar-refractivity contribution in [2.75, 3.05) is 0 Å². The molecule has 1 aliphatic rings. The van der Waals surface area contributed by atoms with E-state index in [1.165, 1.54) is 21.7 Å². The lowest BCUT2D eigenvalue weighted by atomic mass is 9.90. The minimum absolute atomic E-state index is 0.568. The number of aromatic nitrogens is 5. The van der Waals surface area contributed by atoms with Gasteiger partial charge in [0.1, 0.15) is 11.5 Å². The first-order valence-corrected chi connectivity index (χ1v) is 20.5. The van der Waals surface area contributed by atoms with Crippen LogP contribution in [-0.2, 0) is 0 Å². The molecule has 12 aromatic rings. The molecule has 61 heavy (non-hydrogen) atoms. The van der Waals surface area contributed by atoms with E-state index in [2.05, 4.69) is 149 Å². The number of nitrogens with zero attached hydrogens (tertiary/aromatic N) is 5. The summed E-state index contributed by atoms with van der Waals surface area (Å²) in [5, 5.41) is 7.01. The van der Waals surface area contributed by atoms with Gasteiger partial charge in [0.25, 0.3) is 0 Å². The van der Waals surface area contributed by atoms with Gasteiger partial charge in [0.05, 0.1) is 22.1 Å². The Morgan fingerprint density at radius 1 is 0.328 bits per heavy atom. The van der Waals surface area contributed by atoms with Gasteiger partial charge in [-0.3, -0.25) is 4.57 Å². The van der Waals surface area contributed by atoms with Crippen LogP contribution in [0.25, 0.3) is 111 Å². The van der Waals surface area contributed by atoms with Crippen LogP contribution in [0.5, 0.6) is 11.5 Å². The number of ether oxygens (including phenoxy) is 1. The zero-order chi connectivity index (χ0) is 40.0. The van der Waals surface area contributed by atoms with Crippen LogP contribution in [0.4, 0.5) is 0 Å². The van der Waals surface area contributed by atoms with Crippen molar-refractivity contribution in [2.45, 2.75) is 0 Å². The van der Waals surface area contributed by atoms with Crippen LogP contribution in [0.15, 0.2) is 200 Å². The molecule has 0 fully saturated rings. The van der Waals surface area contributed by atoms with Gasteiger partial charge >= 0.3 is 0 Å². The van der Waals surface area contributed by atoms with Crippen LogP contribution in [-0.4, -0.2) is 24.1 Å². The highest BCUT2D eigenvalue weighted by Gasteiger charge is 2.26. The third-order valence-electron chi connectivity index (χ3n) is 12.2. The lowest BCUT2D eigenvalue weighted by molar-refractivity contribution is 0.487. The second-order valence-corrected chi connectivity index (χ2v) is 15.6. The van der Waals surface area contributed by atoms with Gasteiger partial charge in [-0.15, -0.1) is 0 Å². The molecular weight excluding hydrogens is 747 g/mol. The molecule has 0 aliphatic carbocycles. The van der Waals surface area contributed by atoms with Crippen LogP contribution in [0.2, 0.25) is 0 Å². The smallest absolute Gasteiger partial charge is 0.238 e. The summed E-state index contributed by atoms with van der Waals surface area (Å²) in [4.78, 5) is 15.3. The fraction of sp³-hybridized carbons (Fsp3) is 0. The molecule has 13 rings (SSSR count). The van der Waals surface area contributed by atoms with Crippen molar-refractivity contribution in [1.29, 1.82) is 0 Å². The summed E-state index contributed by atoms with van der Waals surface area (Å²) in [6, 6.07) is 70.1. The maximum atomic E-state index is 6.91. The van der Waals surface area contributed by atoms with Crippen LogP contribution >= 0.6 is 0 Å². The van der Waals surface area contributed by atoms with Crippen molar-refractivity contribution < 1.29 is 4.74 Å². The Bertz CT molecular complexity index is 3660. The first kappa shape index (κ1) is 33.6. The fourth-order valence-corrected chi connectivity index (χ4v) is 9.55. The fourth-order valence-electron chi connectivity index (χ4n) is 9.55. The van der Waals surface area contributed by atoms with Gasteiger partial charge in [-0.05, 0) is 64.5 Å². The Kier molecular flexibility index (Phi) is 7.21. The van der Waals surface area contributed by atoms with E-state index in [-0.39, 0.29) is 0 Å². The van der Waals surface area contributed by atoms with E-state index < -0.39 is 0 Å². The van der Waals surface area contributed by atoms with Gasteiger partial charge in [-0.2, -0.15) is 9.97 Å². The highest BCUT2D eigenvalue weighted by Crippen LogP contribution is 2.52. The maximum Gasteiger partial charge on any atom is 0.238 e. The third-order valence-corrected chi connectivity index (χ3v) is 12.2. The number of fused-ring (bicyclic) bond motifs is 9. The van der Waals surface area contributed by atoms with Gasteiger partial charge in [0, 0.05) is 55.4 Å². The monoisotopic (exact) mass is 779 g/mol. The quantitative estimate of drug-likeness (QED) is 0.175. The van der Waals surface area contributed by atoms with E-state index in [4.69, 9.17) is 19.7 Å². The van der Waals surface area contributed by atoms with Gasteiger partial charge in [0.15, 0.2) is 11.6 Å². The predicted octanol–water partition coefficient (Wildman–Crippen LogP) is 14.0. The van der Waals surface area contributed by atoms with Crippen molar-refractivity contribution in [3.8, 4) is 68.2 Å². The molecular formula is C55H33N5O. The summed E-state index contributed by atoms with van der Waals surface area (Å²) in [5.41, 5.74) is 11.8. The molecule has 0 radical (unpaired) electrons. The minimum atomic E-state index is 0.568. The SMILES string of the molecule is c1ccc(-c2nc(-c3ccccc3)nc(-n3c4ccccc4c4c(-c5ccc6c(c5)-c5cccc7c5c(cc5c7c7ccccc7n5-c5ccccc5)O6)cccc43)n2)cc1. The van der Waals surface area contributed by atoms with Gasteiger partial charge in [0.2, 0.25) is 5.95 Å². The van der Waals surface area contributed by atoms with E-state index >= 15 is 0 Å². The Hall–Kier alpha value is -8.35. The maximum absolute atomic E-state index is 6.91. The molecule has 0 spiro atoms. The van der Waals surface area contributed by atoms with Crippen molar-refractivity contribution in [2.24, 2.45) is 0 Å². The molecule has 6 heteroatoms. The van der Waals surface area contributed by atoms with Crippen LogP contribution in [0.3, 0.4) is 0 Å². The average molecular weight is 780 g/mol. The first-order valence-electron chi connectivity index (χ1n) is 20.5. The summed E-state index contributed by atoms with van der Waals surface area (Å²) in [6.07, 6.45) is 0. The summed E-state index contributed by atoms with van der Waals surface area (Å²) >= 11 is 0. The topological polar surface area (TPSA) is 57.8 Å². The zero-order valence-corrected chi connectivity index (χ0v) is 32.7. The van der Waals surface area contributed by atoms with E-state index in [0.717, 1.165) is 83.3 Å². The van der Waals surface area contributed by atoms with Crippen LogP contribution in [0.1, 0.15) is 0 Å². The van der Waals surface area contributed by atoms with Gasteiger partial charge in [-0.1, -0.05) is 152 Å². The van der Waals surface area contributed by atoms with E-state index in [1.807, 2.05) is 60.7 Å². The van der Waals surface area contributed by atoms with Crippen LogP contribution in [0, 0.1) is 0 Å². The highest BCUT2D eigenvalue weighted by atomic mass is 16.5. The largest absolute Gasteiger partial charge is 0.456 e. The molecule has 0 unspecified atom stereocenters. The summed E-state index contributed by atoms with van der Waals surface area (Å²) < 4.78 is 11.5. The average Bonchev–Trinajstić information content (AvgIpc) is 3.85. The third kappa shape index (κ3) is 5.06. The van der Waals surface area contributed by atoms with Gasteiger partial charge < -0.3 is 9.30 Å². The molecule has 9 aromatic carbocycles. The molecule has 1 aliphatic heterocycles. The molecule has 0 atom stereocenters. The first-order chi connectivity index (χ1) is 30.3. The Balaban J connectivity index is 1.02. The normalized spacial score (nSPS) is 12.1. The molecule has 3 aromatic heterocycles. The molecule has 0 saturated carbocycles.